The number of H-pyrrole nitrogens is 1. The van der Waals surface area contributed by atoms with E-state index < -0.39 is 11.0 Å². The third-order valence-electron chi connectivity index (χ3n) is 5.43. The van der Waals surface area contributed by atoms with E-state index in [9.17, 15) is 4.21 Å². The Morgan fingerprint density at radius 1 is 1.00 bits per heavy atom. The Balaban J connectivity index is 1.25. The molecule has 0 bridgehead atoms. The fraction of sp³-hybridized carbons (Fsp3) is 0.130. The number of anilines is 1. The van der Waals surface area contributed by atoms with Gasteiger partial charge in [0.1, 0.15) is 11.0 Å². The number of aryl methyl sites for hydroxylation is 1. The van der Waals surface area contributed by atoms with Gasteiger partial charge < -0.3 is 4.98 Å². The van der Waals surface area contributed by atoms with Crippen LogP contribution in [-0.2, 0) is 17.4 Å². The molecule has 4 nitrogen and oxygen atoms in total. The molecule has 2 unspecified atom stereocenters. The lowest BCUT2D eigenvalue weighted by Gasteiger charge is -2.13. The van der Waals surface area contributed by atoms with Crippen molar-refractivity contribution >= 4 is 62.7 Å². The Hall–Kier alpha value is -1.96. The van der Waals surface area contributed by atoms with Crippen molar-refractivity contribution in [3.05, 3.63) is 88.0 Å². The maximum absolute atomic E-state index is 12.9. The summed E-state index contributed by atoms with van der Waals surface area (Å²) in [5.41, 5.74) is 4.23. The first kappa shape index (κ1) is 20.9. The van der Waals surface area contributed by atoms with Crippen molar-refractivity contribution in [3.63, 3.8) is 0 Å². The monoisotopic (exact) mass is 487 g/mol. The van der Waals surface area contributed by atoms with Crippen molar-refractivity contribution < 1.29 is 4.21 Å². The number of nitrogens with one attached hydrogen (secondary N) is 3. The molecule has 1 heterocycles. The molecule has 3 aromatic carbocycles. The van der Waals surface area contributed by atoms with Gasteiger partial charge >= 0.3 is 0 Å². The van der Waals surface area contributed by atoms with Crippen LogP contribution in [0.25, 0.3) is 10.9 Å². The molecule has 3 N–H and O–H groups in total. The molecule has 1 aromatic heterocycles. The number of hydrogen-bond acceptors (Lipinski definition) is 3. The zero-order valence-electron chi connectivity index (χ0n) is 16.3. The van der Waals surface area contributed by atoms with E-state index in [-0.39, 0.29) is 0 Å². The fourth-order valence-corrected chi connectivity index (χ4v) is 6.09. The summed E-state index contributed by atoms with van der Waals surface area (Å²) in [5, 5.41) is 1.81. The smallest absolute Gasteiger partial charge is 0.150 e. The number of aromatic amines is 1. The minimum absolute atomic E-state index is 0.358. The molecule has 0 fully saturated rings. The highest BCUT2D eigenvalue weighted by Crippen LogP contribution is 2.36. The van der Waals surface area contributed by atoms with Gasteiger partial charge in [-0.1, -0.05) is 47.5 Å². The minimum Gasteiger partial charge on any atom is -0.358 e. The Labute approximate surface area is 197 Å². The van der Waals surface area contributed by atoms with E-state index in [1.165, 1.54) is 11.1 Å². The molecule has 0 spiro atoms. The van der Waals surface area contributed by atoms with Crippen molar-refractivity contribution in [1.29, 1.82) is 0 Å². The van der Waals surface area contributed by atoms with E-state index in [1.807, 2.05) is 24.3 Å². The van der Waals surface area contributed by atoms with Gasteiger partial charge in [-0.2, -0.15) is 0 Å². The molecule has 1 aliphatic carbocycles. The zero-order chi connectivity index (χ0) is 21.4. The normalized spacial score (nSPS) is 16.4. The molecule has 2 atom stereocenters. The predicted molar refractivity (Wildman–Crippen MR) is 131 cm³/mol. The molecule has 0 saturated heterocycles. The molecular weight excluding hydrogens is 469 g/mol. The lowest BCUT2D eigenvalue weighted by molar-refractivity contribution is 0.667. The molecule has 1 aliphatic rings. The molecule has 0 amide bonds. The number of rotatable bonds is 6. The molecule has 4 aromatic rings. The second-order valence-corrected chi connectivity index (χ2v) is 10.3. The summed E-state index contributed by atoms with van der Waals surface area (Å²) < 4.78 is 19.5. The van der Waals surface area contributed by atoms with Gasteiger partial charge in [0.15, 0.2) is 0 Å². The van der Waals surface area contributed by atoms with Crippen molar-refractivity contribution in [2.24, 2.45) is 0 Å². The highest BCUT2D eigenvalue weighted by molar-refractivity contribution is 7.97. The Morgan fingerprint density at radius 2 is 1.81 bits per heavy atom. The van der Waals surface area contributed by atoms with Gasteiger partial charge in [-0.05, 0) is 72.3 Å². The molecule has 0 saturated carbocycles. The predicted octanol–water partition coefficient (Wildman–Crippen LogP) is 6.89. The first-order chi connectivity index (χ1) is 15.1. The Bertz CT molecular complexity index is 1270. The average molecular weight is 488 g/mol. The van der Waals surface area contributed by atoms with Gasteiger partial charge in [0.25, 0.3) is 0 Å². The molecule has 5 rings (SSSR count). The van der Waals surface area contributed by atoms with Crippen molar-refractivity contribution in [2.75, 3.05) is 4.72 Å². The van der Waals surface area contributed by atoms with E-state index in [0.29, 0.717) is 26.7 Å². The third kappa shape index (κ3) is 4.23. The second-order valence-electron chi connectivity index (χ2n) is 7.33. The molecule has 0 radical (unpaired) electrons. The Kier molecular flexibility index (Phi) is 5.99. The summed E-state index contributed by atoms with van der Waals surface area (Å²) in [6, 6.07) is 20.2. The third-order valence-corrected chi connectivity index (χ3v) is 8.06. The van der Waals surface area contributed by atoms with Crippen molar-refractivity contribution in [2.45, 2.75) is 28.7 Å². The molecule has 158 valence electrons. The van der Waals surface area contributed by atoms with Crippen LogP contribution in [0.2, 0.25) is 10.0 Å². The fourth-order valence-electron chi connectivity index (χ4n) is 3.86. The number of hydrogen-bond donors (Lipinski definition) is 3. The Morgan fingerprint density at radius 3 is 2.65 bits per heavy atom. The lowest BCUT2D eigenvalue weighted by atomic mass is 10.1. The van der Waals surface area contributed by atoms with Crippen molar-refractivity contribution in [1.82, 2.24) is 9.71 Å². The summed E-state index contributed by atoms with van der Waals surface area (Å²) in [4.78, 5) is 4.86. The minimum atomic E-state index is -1.42. The van der Waals surface area contributed by atoms with Gasteiger partial charge in [0.05, 0.1) is 26.1 Å². The van der Waals surface area contributed by atoms with Crippen LogP contribution in [0.4, 0.5) is 5.69 Å². The quantitative estimate of drug-likeness (QED) is 0.259. The van der Waals surface area contributed by atoms with Crippen LogP contribution in [0.5, 0.6) is 0 Å². The highest BCUT2D eigenvalue weighted by atomic mass is 35.5. The first-order valence-corrected chi connectivity index (χ1v) is 12.6. The van der Waals surface area contributed by atoms with Crippen LogP contribution in [-0.4, -0.2) is 9.19 Å². The van der Waals surface area contributed by atoms with Gasteiger partial charge in [-0.15, -0.1) is 0 Å². The number of benzene rings is 3. The van der Waals surface area contributed by atoms with Crippen LogP contribution in [0, 0.1) is 0 Å². The van der Waals surface area contributed by atoms with Crippen LogP contribution in [0.1, 0.15) is 23.6 Å². The summed E-state index contributed by atoms with van der Waals surface area (Å²) in [6.45, 7) is 0. The van der Waals surface area contributed by atoms with E-state index in [4.69, 9.17) is 23.2 Å². The van der Waals surface area contributed by atoms with Gasteiger partial charge in [0.2, 0.25) is 0 Å². The second kappa shape index (κ2) is 8.88. The summed E-state index contributed by atoms with van der Waals surface area (Å²) >= 11 is 14.0. The highest BCUT2D eigenvalue weighted by Gasteiger charge is 2.21. The van der Waals surface area contributed by atoms with Crippen molar-refractivity contribution in [3.8, 4) is 0 Å². The van der Waals surface area contributed by atoms with E-state index >= 15 is 0 Å². The van der Waals surface area contributed by atoms with Crippen LogP contribution in [0.3, 0.4) is 0 Å². The number of aromatic nitrogens is 1. The van der Waals surface area contributed by atoms with Crippen LogP contribution in [0.15, 0.2) is 76.7 Å². The van der Waals surface area contributed by atoms with E-state index in [2.05, 4.69) is 38.7 Å². The largest absolute Gasteiger partial charge is 0.358 e. The summed E-state index contributed by atoms with van der Waals surface area (Å²) in [7, 11) is -1.42. The molecule has 31 heavy (non-hydrogen) atoms. The maximum Gasteiger partial charge on any atom is 0.150 e. The number of fused-ring (bicyclic) bond motifs is 2. The molecule has 8 heteroatoms. The lowest BCUT2D eigenvalue weighted by Crippen LogP contribution is -2.10. The van der Waals surface area contributed by atoms with Gasteiger partial charge in [-0.3, -0.25) is 9.44 Å². The topological polar surface area (TPSA) is 56.9 Å². The SMILES string of the molecule is O=S(Nc1ccc(Cl)c2c(Cl)c[nH]c12)c1ccc(SNC2CCc3ccccc32)cc1. The zero-order valence-corrected chi connectivity index (χ0v) is 19.5. The van der Waals surface area contributed by atoms with Crippen LogP contribution < -0.4 is 9.44 Å². The van der Waals surface area contributed by atoms with E-state index in [0.717, 1.165) is 28.6 Å². The van der Waals surface area contributed by atoms with E-state index in [1.54, 1.807) is 30.3 Å². The van der Waals surface area contributed by atoms with Gasteiger partial charge in [0, 0.05) is 22.5 Å². The van der Waals surface area contributed by atoms with Crippen LogP contribution >= 0.6 is 35.1 Å². The maximum atomic E-state index is 12.9. The average Bonchev–Trinajstić information content (AvgIpc) is 3.39. The van der Waals surface area contributed by atoms with Gasteiger partial charge in [-0.25, -0.2) is 4.21 Å². The summed E-state index contributed by atoms with van der Waals surface area (Å²) in [5.74, 6) is 0. The summed E-state index contributed by atoms with van der Waals surface area (Å²) in [6.07, 6.45) is 3.90. The standard InChI is InChI=1S/C23H19Cl2N3OS2/c24-18-10-12-21(23-22(18)19(25)13-26-23)28-31(29)16-8-6-15(7-9-16)30-27-20-11-5-14-3-1-2-4-17(14)20/h1-4,6-10,12-13,20,26-28H,5,11H2. The molecular formula is C23H19Cl2N3OS2. The first-order valence-electron chi connectivity index (χ1n) is 9.84. The molecule has 0 aliphatic heterocycles. The number of halogens is 2.